The van der Waals surface area contributed by atoms with E-state index in [1.54, 1.807) is 0 Å². The van der Waals surface area contributed by atoms with Crippen LogP contribution in [-0.4, -0.2) is 17.9 Å². The maximum absolute atomic E-state index is 13.4. The summed E-state index contributed by atoms with van der Waals surface area (Å²) in [5, 5.41) is 2.69. The lowest BCUT2D eigenvalue weighted by atomic mass is 10.2. The minimum Gasteiger partial charge on any atom is -0.459 e. The van der Waals surface area contributed by atoms with Crippen LogP contribution in [0.5, 0.6) is 0 Å². The molecule has 96 valence electrons. The second-order valence-corrected chi connectivity index (χ2v) is 4.37. The third-order valence-corrected chi connectivity index (χ3v) is 3.05. The molecule has 1 heterocycles. The molecule has 0 aromatic heterocycles. The molecule has 1 aliphatic rings. The lowest BCUT2D eigenvalue weighted by molar-refractivity contribution is -0.147. The number of carbonyl (C=O) groups is 2. The zero-order chi connectivity index (χ0) is 13.1. The molecule has 1 fully saturated rings. The van der Waals surface area contributed by atoms with Crippen LogP contribution in [0.4, 0.5) is 4.39 Å². The molecule has 1 aliphatic heterocycles. The highest BCUT2D eigenvalue weighted by molar-refractivity contribution is 6.31. The summed E-state index contributed by atoms with van der Waals surface area (Å²) in [5.41, 5.74) is 0.136. The molecule has 1 unspecified atom stereocenters. The molecule has 1 saturated heterocycles. The van der Waals surface area contributed by atoms with Crippen LogP contribution in [0.2, 0.25) is 5.02 Å². The quantitative estimate of drug-likeness (QED) is 0.853. The van der Waals surface area contributed by atoms with E-state index in [-0.39, 0.29) is 23.1 Å². The largest absolute Gasteiger partial charge is 0.459 e. The van der Waals surface area contributed by atoms with E-state index in [2.05, 4.69) is 5.32 Å². The molecule has 0 saturated carbocycles. The topological polar surface area (TPSA) is 55.4 Å². The third kappa shape index (κ3) is 2.79. The number of benzene rings is 1. The summed E-state index contributed by atoms with van der Waals surface area (Å²) in [4.78, 5) is 22.5. The first-order valence-electron chi connectivity index (χ1n) is 5.47. The Morgan fingerprint density at radius 2 is 2.33 bits per heavy atom. The van der Waals surface area contributed by atoms with Crippen molar-refractivity contribution in [1.82, 2.24) is 5.32 Å². The molecule has 0 bridgehead atoms. The fraction of sp³-hybridized carbons (Fsp3) is 0.333. The van der Waals surface area contributed by atoms with E-state index in [0.29, 0.717) is 12.8 Å². The van der Waals surface area contributed by atoms with Crippen LogP contribution in [0.15, 0.2) is 18.2 Å². The molecular weight excluding hydrogens is 261 g/mol. The monoisotopic (exact) mass is 271 g/mol. The molecule has 0 spiro atoms. The van der Waals surface area contributed by atoms with Crippen molar-refractivity contribution < 1.29 is 18.7 Å². The van der Waals surface area contributed by atoms with Crippen LogP contribution in [0.1, 0.15) is 18.4 Å². The Hall–Kier alpha value is -1.62. The minimum absolute atomic E-state index is 0.136. The Kier molecular flexibility index (Phi) is 3.81. The Bertz CT molecular complexity index is 472. The van der Waals surface area contributed by atoms with Crippen LogP contribution in [0, 0.1) is 5.82 Å². The first-order valence-corrected chi connectivity index (χ1v) is 5.84. The van der Waals surface area contributed by atoms with Crippen LogP contribution < -0.4 is 5.32 Å². The molecule has 18 heavy (non-hydrogen) atoms. The van der Waals surface area contributed by atoms with Gasteiger partial charge in [-0.3, -0.25) is 4.79 Å². The highest BCUT2D eigenvalue weighted by atomic mass is 35.5. The van der Waals surface area contributed by atoms with E-state index in [1.165, 1.54) is 18.2 Å². The lowest BCUT2D eigenvalue weighted by Gasteiger charge is -2.11. The molecule has 6 heteroatoms. The van der Waals surface area contributed by atoms with Crippen LogP contribution in [0.25, 0.3) is 0 Å². The molecule has 1 atom stereocenters. The van der Waals surface area contributed by atoms with Crippen molar-refractivity contribution in [2.24, 2.45) is 0 Å². The van der Waals surface area contributed by atoms with Crippen LogP contribution in [0.3, 0.4) is 0 Å². The van der Waals surface area contributed by atoms with Gasteiger partial charge >= 0.3 is 5.97 Å². The van der Waals surface area contributed by atoms with Gasteiger partial charge in [-0.05, 0) is 18.6 Å². The van der Waals surface area contributed by atoms with Gasteiger partial charge < -0.3 is 10.1 Å². The molecule has 1 N–H and O–H groups in total. The lowest BCUT2D eigenvalue weighted by Crippen LogP contribution is -2.34. The maximum Gasteiger partial charge on any atom is 0.328 e. The van der Waals surface area contributed by atoms with Gasteiger partial charge in [-0.25, -0.2) is 9.18 Å². The van der Waals surface area contributed by atoms with E-state index < -0.39 is 17.8 Å². The van der Waals surface area contributed by atoms with Gasteiger partial charge in [0.1, 0.15) is 18.5 Å². The first kappa shape index (κ1) is 12.8. The molecule has 0 aliphatic carbocycles. The molecular formula is C12H11ClFNO3. The summed E-state index contributed by atoms with van der Waals surface area (Å²) < 4.78 is 18.3. The second kappa shape index (κ2) is 5.35. The Morgan fingerprint density at radius 3 is 2.94 bits per heavy atom. The fourth-order valence-electron chi connectivity index (χ4n) is 1.70. The molecule has 1 aromatic carbocycles. The number of hydrogen-bond donors (Lipinski definition) is 1. The van der Waals surface area contributed by atoms with E-state index >= 15 is 0 Å². The number of esters is 1. The number of halogens is 2. The van der Waals surface area contributed by atoms with Gasteiger partial charge in [0.05, 0.1) is 5.02 Å². The summed E-state index contributed by atoms with van der Waals surface area (Å²) >= 11 is 5.79. The second-order valence-electron chi connectivity index (χ2n) is 3.97. The first-order chi connectivity index (χ1) is 8.58. The summed E-state index contributed by atoms with van der Waals surface area (Å²) in [6.45, 7) is -0.239. The summed E-state index contributed by atoms with van der Waals surface area (Å²) in [7, 11) is 0. The van der Waals surface area contributed by atoms with E-state index in [9.17, 15) is 14.0 Å². The van der Waals surface area contributed by atoms with E-state index in [1.807, 2.05) is 0 Å². The van der Waals surface area contributed by atoms with Gasteiger partial charge in [-0.1, -0.05) is 17.7 Å². The third-order valence-electron chi connectivity index (χ3n) is 2.70. The number of rotatable bonds is 3. The van der Waals surface area contributed by atoms with Crippen molar-refractivity contribution in [3.63, 3.8) is 0 Å². The number of nitrogens with one attached hydrogen (secondary N) is 1. The predicted molar refractivity (Wildman–Crippen MR) is 62.4 cm³/mol. The van der Waals surface area contributed by atoms with Gasteiger partial charge in [0.2, 0.25) is 5.91 Å². The highest BCUT2D eigenvalue weighted by Crippen LogP contribution is 2.20. The Labute approximate surface area is 108 Å². The normalized spacial score (nSPS) is 18.6. The van der Waals surface area contributed by atoms with Crippen molar-refractivity contribution in [3.8, 4) is 0 Å². The van der Waals surface area contributed by atoms with Crippen LogP contribution in [-0.2, 0) is 20.9 Å². The summed E-state index contributed by atoms with van der Waals surface area (Å²) in [6, 6.07) is 3.60. The van der Waals surface area contributed by atoms with E-state index in [4.69, 9.17) is 16.3 Å². The standard InChI is InChI=1S/C12H11ClFNO3/c13-8-2-1-3-9(14)7(8)6-18-12(17)10-4-5-11(16)15-10/h1-3,10H,4-6H2,(H,15,16). The number of carbonyl (C=O) groups excluding carboxylic acids is 2. The Morgan fingerprint density at radius 1 is 1.56 bits per heavy atom. The molecule has 2 rings (SSSR count). The highest BCUT2D eigenvalue weighted by Gasteiger charge is 2.28. The minimum atomic E-state index is -0.636. The van der Waals surface area contributed by atoms with Gasteiger partial charge in [0.25, 0.3) is 0 Å². The van der Waals surface area contributed by atoms with E-state index in [0.717, 1.165) is 0 Å². The number of ether oxygens (including phenoxy) is 1. The average molecular weight is 272 g/mol. The zero-order valence-corrected chi connectivity index (χ0v) is 10.2. The summed E-state index contributed by atoms with van der Waals surface area (Å²) in [5.74, 6) is -1.27. The molecule has 4 nitrogen and oxygen atoms in total. The molecule has 0 radical (unpaired) electrons. The van der Waals surface area contributed by atoms with Gasteiger partial charge in [-0.15, -0.1) is 0 Å². The Balaban J connectivity index is 1.95. The average Bonchev–Trinajstić information content (AvgIpc) is 2.75. The van der Waals surface area contributed by atoms with Crippen LogP contribution >= 0.6 is 11.6 Å². The van der Waals surface area contributed by atoms with Gasteiger partial charge in [0, 0.05) is 12.0 Å². The van der Waals surface area contributed by atoms with Crippen molar-refractivity contribution in [2.45, 2.75) is 25.5 Å². The van der Waals surface area contributed by atoms with Gasteiger partial charge in [0.15, 0.2) is 0 Å². The zero-order valence-electron chi connectivity index (χ0n) is 9.41. The maximum atomic E-state index is 13.4. The van der Waals surface area contributed by atoms with Crippen molar-refractivity contribution in [2.75, 3.05) is 0 Å². The van der Waals surface area contributed by atoms with Crippen molar-refractivity contribution in [3.05, 3.63) is 34.6 Å². The fourth-order valence-corrected chi connectivity index (χ4v) is 1.92. The van der Waals surface area contributed by atoms with Gasteiger partial charge in [-0.2, -0.15) is 0 Å². The predicted octanol–water partition coefficient (Wildman–Crippen LogP) is 1.80. The smallest absolute Gasteiger partial charge is 0.328 e. The summed E-state index contributed by atoms with van der Waals surface area (Å²) in [6.07, 6.45) is 0.711. The molecule has 1 amide bonds. The molecule has 1 aromatic rings. The number of hydrogen-bond acceptors (Lipinski definition) is 3. The van der Waals surface area contributed by atoms with Crippen molar-refractivity contribution >= 4 is 23.5 Å². The van der Waals surface area contributed by atoms with Crippen molar-refractivity contribution in [1.29, 1.82) is 0 Å². The number of amides is 1. The SMILES string of the molecule is O=C1CCC(C(=O)OCc2c(F)cccc2Cl)N1.